The molecule has 0 fully saturated rings. The number of hydrogen-bond donors (Lipinski definition) is 0. The van der Waals surface area contributed by atoms with Crippen molar-refractivity contribution in [2.75, 3.05) is 0 Å². The molecule has 0 saturated heterocycles. The average Bonchev–Trinajstić information content (AvgIpc) is 2.81. The van der Waals surface area contributed by atoms with Gasteiger partial charge in [0.05, 0.1) is 0 Å². The predicted molar refractivity (Wildman–Crippen MR) is 107 cm³/mol. The van der Waals surface area contributed by atoms with Crippen LogP contribution in [0, 0.1) is 19.3 Å². The van der Waals surface area contributed by atoms with E-state index in [0.29, 0.717) is 5.75 Å². The Bertz CT molecular complexity index is 878. The van der Waals surface area contributed by atoms with Crippen LogP contribution in [0.25, 0.3) is 0 Å². The number of rotatable bonds is 1. The van der Waals surface area contributed by atoms with Crippen molar-refractivity contribution in [3.05, 3.63) is 64.2 Å². The van der Waals surface area contributed by atoms with E-state index >= 15 is 0 Å². The Morgan fingerprint density at radius 2 is 1.50 bits per heavy atom. The molecule has 0 radical (unpaired) electrons. The molecule has 1 aliphatic rings. The lowest BCUT2D eigenvalue weighted by molar-refractivity contribution is -0.140. The lowest BCUT2D eigenvalue weighted by atomic mass is 9.56. The van der Waals surface area contributed by atoms with Crippen LogP contribution >= 0.6 is 0 Å². The molecule has 2 aromatic rings. The van der Waals surface area contributed by atoms with E-state index in [0.717, 1.165) is 16.7 Å². The first-order valence-electron chi connectivity index (χ1n) is 9.35. The molecule has 2 nitrogen and oxygen atoms in total. The van der Waals surface area contributed by atoms with E-state index in [1.54, 1.807) is 0 Å². The number of carbonyl (C=O) groups is 1. The smallest absolute Gasteiger partial charge is 0.327 e. The molecule has 3 rings (SSSR count). The second kappa shape index (κ2) is 5.70. The van der Waals surface area contributed by atoms with Crippen LogP contribution in [-0.2, 0) is 15.6 Å². The SMILES string of the molecule is Cc1cccc(C2(C(C)(C)C)C(=O)Oc3cccc(C(C)(C)C)c32)c1C. The molecule has 138 valence electrons. The second-order valence-electron chi connectivity index (χ2n) is 9.57. The highest BCUT2D eigenvalue weighted by Crippen LogP contribution is 2.57. The predicted octanol–water partition coefficient (Wildman–Crippen LogP) is 5.85. The Labute approximate surface area is 157 Å². The Balaban J connectivity index is 2.52. The van der Waals surface area contributed by atoms with Gasteiger partial charge in [0, 0.05) is 5.56 Å². The van der Waals surface area contributed by atoms with Gasteiger partial charge in [-0.05, 0) is 53.0 Å². The van der Waals surface area contributed by atoms with Gasteiger partial charge in [0.1, 0.15) is 11.2 Å². The molecule has 0 N–H and O–H groups in total. The number of aryl methyl sites for hydroxylation is 1. The Morgan fingerprint density at radius 1 is 0.885 bits per heavy atom. The second-order valence-corrected chi connectivity index (χ2v) is 9.57. The summed E-state index contributed by atoms with van der Waals surface area (Å²) in [5, 5.41) is 0. The van der Waals surface area contributed by atoms with Gasteiger partial charge >= 0.3 is 5.97 Å². The normalized spacial score (nSPS) is 20.1. The van der Waals surface area contributed by atoms with Crippen LogP contribution in [0.3, 0.4) is 0 Å². The Hall–Kier alpha value is -2.09. The van der Waals surface area contributed by atoms with Crippen LogP contribution in [0.1, 0.15) is 69.4 Å². The third kappa shape index (κ3) is 2.42. The molecule has 0 amide bonds. The minimum atomic E-state index is -0.817. The maximum absolute atomic E-state index is 13.5. The summed E-state index contributed by atoms with van der Waals surface area (Å²) in [6.07, 6.45) is 0. The molecule has 26 heavy (non-hydrogen) atoms. The molecule has 0 saturated carbocycles. The summed E-state index contributed by atoms with van der Waals surface area (Å²) in [5.74, 6) is 0.545. The van der Waals surface area contributed by atoms with Crippen molar-refractivity contribution in [2.24, 2.45) is 5.41 Å². The fourth-order valence-electron chi connectivity index (χ4n) is 4.39. The molecular formula is C24H30O2. The maximum atomic E-state index is 13.5. The quantitative estimate of drug-likeness (QED) is 0.476. The molecule has 0 spiro atoms. The van der Waals surface area contributed by atoms with Crippen LogP contribution in [0.5, 0.6) is 5.75 Å². The van der Waals surface area contributed by atoms with Gasteiger partial charge in [0.25, 0.3) is 0 Å². The van der Waals surface area contributed by atoms with Gasteiger partial charge in [-0.1, -0.05) is 71.9 Å². The Kier molecular flexibility index (Phi) is 4.10. The first kappa shape index (κ1) is 18.7. The third-order valence-electron chi connectivity index (χ3n) is 5.85. The number of ether oxygens (including phenoxy) is 1. The number of esters is 1. The van der Waals surface area contributed by atoms with E-state index in [4.69, 9.17) is 4.74 Å². The van der Waals surface area contributed by atoms with Crippen molar-refractivity contribution < 1.29 is 9.53 Å². The van der Waals surface area contributed by atoms with E-state index in [2.05, 4.69) is 79.7 Å². The zero-order valence-corrected chi connectivity index (χ0v) is 17.3. The highest BCUT2D eigenvalue weighted by Gasteiger charge is 2.60. The topological polar surface area (TPSA) is 26.3 Å². The number of carbonyl (C=O) groups excluding carboxylic acids is 1. The van der Waals surface area contributed by atoms with Crippen LogP contribution < -0.4 is 4.74 Å². The molecule has 0 bridgehead atoms. The van der Waals surface area contributed by atoms with Crippen molar-refractivity contribution in [1.82, 2.24) is 0 Å². The van der Waals surface area contributed by atoms with Crippen LogP contribution in [0.2, 0.25) is 0 Å². The molecule has 0 aliphatic carbocycles. The van der Waals surface area contributed by atoms with Gasteiger partial charge in [-0.3, -0.25) is 4.79 Å². The van der Waals surface area contributed by atoms with Crippen LogP contribution in [-0.4, -0.2) is 5.97 Å². The molecule has 2 aromatic carbocycles. The standard InChI is InChI=1S/C24H30O2/c1-15-11-9-12-17(16(15)2)24(23(6,7)8)20-18(22(3,4)5)13-10-14-19(20)26-21(24)25/h9-14H,1-8H3. The number of benzene rings is 2. The molecule has 2 heteroatoms. The van der Waals surface area contributed by atoms with Gasteiger partial charge in [-0.2, -0.15) is 0 Å². The highest BCUT2D eigenvalue weighted by molar-refractivity contribution is 5.96. The lowest BCUT2D eigenvalue weighted by Gasteiger charge is -2.42. The van der Waals surface area contributed by atoms with Gasteiger partial charge in [-0.25, -0.2) is 0 Å². The first-order chi connectivity index (χ1) is 11.9. The minimum Gasteiger partial charge on any atom is -0.425 e. The van der Waals surface area contributed by atoms with Gasteiger partial charge in [-0.15, -0.1) is 0 Å². The summed E-state index contributed by atoms with van der Waals surface area (Å²) in [5.41, 5.74) is 4.39. The third-order valence-corrected chi connectivity index (χ3v) is 5.85. The Morgan fingerprint density at radius 3 is 2.08 bits per heavy atom. The van der Waals surface area contributed by atoms with Crippen LogP contribution in [0.4, 0.5) is 0 Å². The van der Waals surface area contributed by atoms with E-state index in [1.807, 2.05) is 12.1 Å². The zero-order chi connectivity index (χ0) is 19.5. The van der Waals surface area contributed by atoms with E-state index in [-0.39, 0.29) is 16.8 Å². The van der Waals surface area contributed by atoms with Gasteiger partial charge < -0.3 is 4.74 Å². The summed E-state index contributed by atoms with van der Waals surface area (Å²) in [7, 11) is 0. The van der Waals surface area contributed by atoms with E-state index in [9.17, 15) is 4.79 Å². The maximum Gasteiger partial charge on any atom is 0.327 e. The summed E-state index contributed by atoms with van der Waals surface area (Å²) >= 11 is 0. The molecule has 1 atom stereocenters. The number of fused-ring (bicyclic) bond motifs is 1. The molecule has 1 heterocycles. The summed E-state index contributed by atoms with van der Waals surface area (Å²) in [6.45, 7) is 17.2. The summed E-state index contributed by atoms with van der Waals surface area (Å²) in [6, 6.07) is 12.3. The van der Waals surface area contributed by atoms with Crippen molar-refractivity contribution in [3.63, 3.8) is 0 Å². The summed E-state index contributed by atoms with van der Waals surface area (Å²) < 4.78 is 5.90. The van der Waals surface area contributed by atoms with Gasteiger partial charge in [0.15, 0.2) is 0 Å². The molecular weight excluding hydrogens is 320 g/mol. The highest BCUT2D eigenvalue weighted by atomic mass is 16.5. The molecule has 0 aromatic heterocycles. The fourth-order valence-corrected chi connectivity index (χ4v) is 4.39. The van der Waals surface area contributed by atoms with E-state index < -0.39 is 5.41 Å². The minimum absolute atomic E-state index is 0.0897. The number of hydrogen-bond acceptors (Lipinski definition) is 2. The molecule has 1 unspecified atom stereocenters. The van der Waals surface area contributed by atoms with Crippen molar-refractivity contribution in [1.29, 1.82) is 0 Å². The monoisotopic (exact) mass is 350 g/mol. The van der Waals surface area contributed by atoms with Crippen molar-refractivity contribution >= 4 is 5.97 Å². The molecule has 1 aliphatic heterocycles. The van der Waals surface area contributed by atoms with Gasteiger partial charge in [0.2, 0.25) is 0 Å². The largest absolute Gasteiger partial charge is 0.425 e. The first-order valence-corrected chi connectivity index (χ1v) is 9.35. The van der Waals surface area contributed by atoms with E-state index in [1.165, 1.54) is 11.1 Å². The average molecular weight is 351 g/mol. The zero-order valence-electron chi connectivity index (χ0n) is 17.3. The van der Waals surface area contributed by atoms with Crippen LogP contribution in [0.15, 0.2) is 36.4 Å². The fraction of sp³-hybridized carbons (Fsp3) is 0.458. The lowest BCUT2D eigenvalue weighted by Crippen LogP contribution is -2.48. The van der Waals surface area contributed by atoms with Crippen molar-refractivity contribution in [2.45, 2.75) is 66.2 Å². The van der Waals surface area contributed by atoms with Crippen molar-refractivity contribution in [3.8, 4) is 5.75 Å². The summed E-state index contributed by atoms with van der Waals surface area (Å²) in [4.78, 5) is 13.5.